The average molecular weight is 364 g/mol. The standard InChI is InChI=1S/C16H23F2N3O2.ClH/c1-12(13-3-5-14(6-4-13)23-16(17)18)20(2)11-15(22)21-9-7-19-8-10-21;/h3-6,12,16,19H,7-11H2,1-2H3;1H. The van der Waals surface area contributed by atoms with Crippen LogP contribution in [0.2, 0.25) is 0 Å². The van der Waals surface area contributed by atoms with Crippen LogP contribution < -0.4 is 10.1 Å². The Labute approximate surface area is 147 Å². The Morgan fingerprint density at radius 3 is 2.42 bits per heavy atom. The van der Waals surface area contributed by atoms with Crippen LogP contribution in [0, 0.1) is 0 Å². The summed E-state index contributed by atoms with van der Waals surface area (Å²) in [7, 11) is 1.88. The lowest BCUT2D eigenvalue weighted by molar-refractivity contribution is -0.133. The SMILES string of the molecule is CC(c1ccc(OC(F)F)cc1)N(C)CC(=O)N1CCNCC1.Cl. The molecule has 0 aromatic heterocycles. The number of likely N-dealkylation sites (N-methyl/N-ethyl adjacent to an activating group) is 1. The van der Waals surface area contributed by atoms with Gasteiger partial charge in [-0.2, -0.15) is 8.78 Å². The molecule has 1 aliphatic heterocycles. The summed E-state index contributed by atoms with van der Waals surface area (Å²) in [5.74, 6) is 0.244. The van der Waals surface area contributed by atoms with Crippen LogP contribution in [0.3, 0.4) is 0 Å². The normalized spacial score (nSPS) is 16.0. The Balaban J connectivity index is 0.00000288. The van der Waals surface area contributed by atoms with Gasteiger partial charge in [-0.05, 0) is 31.7 Å². The molecule has 8 heteroatoms. The van der Waals surface area contributed by atoms with E-state index >= 15 is 0 Å². The second-order valence-electron chi connectivity index (χ2n) is 5.67. The Morgan fingerprint density at radius 1 is 1.29 bits per heavy atom. The van der Waals surface area contributed by atoms with Crippen molar-refractivity contribution in [3.8, 4) is 5.75 Å². The fourth-order valence-electron chi connectivity index (χ4n) is 2.55. The average Bonchev–Trinajstić information content (AvgIpc) is 2.55. The minimum atomic E-state index is -2.82. The van der Waals surface area contributed by atoms with Crippen LogP contribution in [-0.2, 0) is 4.79 Å². The molecule has 24 heavy (non-hydrogen) atoms. The van der Waals surface area contributed by atoms with Gasteiger partial charge in [0.1, 0.15) is 5.75 Å². The van der Waals surface area contributed by atoms with Gasteiger partial charge in [0.15, 0.2) is 0 Å². The molecule has 1 amide bonds. The van der Waals surface area contributed by atoms with Crippen molar-refractivity contribution in [2.45, 2.75) is 19.6 Å². The Morgan fingerprint density at radius 2 is 1.88 bits per heavy atom. The number of carbonyl (C=O) groups excluding carboxylic acids is 1. The number of rotatable bonds is 6. The molecule has 0 radical (unpaired) electrons. The largest absolute Gasteiger partial charge is 0.435 e. The van der Waals surface area contributed by atoms with Crippen molar-refractivity contribution in [1.82, 2.24) is 15.1 Å². The van der Waals surface area contributed by atoms with Crippen molar-refractivity contribution in [1.29, 1.82) is 0 Å². The predicted octanol–water partition coefficient (Wildman–Crippen LogP) is 2.13. The van der Waals surface area contributed by atoms with E-state index in [1.807, 2.05) is 23.8 Å². The van der Waals surface area contributed by atoms with Crippen LogP contribution in [0.5, 0.6) is 5.75 Å². The van der Waals surface area contributed by atoms with Crippen LogP contribution in [0.1, 0.15) is 18.5 Å². The van der Waals surface area contributed by atoms with E-state index in [4.69, 9.17) is 0 Å². The Hall–Kier alpha value is -1.44. The van der Waals surface area contributed by atoms with Crippen LogP contribution in [0.25, 0.3) is 0 Å². The van der Waals surface area contributed by atoms with Crippen LogP contribution in [0.4, 0.5) is 8.78 Å². The van der Waals surface area contributed by atoms with Gasteiger partial charge in [0.2, 0.25) is 5.91 Å². The molecule has 0 spiro atoms. The molecule has 1 aliphatic rings. The lowest BCUT2D eigenvalue weighted by atomic mass is 10.1. The molecular formula is C16H24ClF2N3O2. The maximum Gasteiger partial charge on any atom is 0.387 e. The van der Waals surface area contributed by atoms with Gasteiger partial charge in [0, 0.05) is 32.2 Å². The van der Waals surface area contributed by atoms with Crippen molar-refractivity contribution in [3.63, 3.8) is 0 Å². The van der Waals surface area contributed by atoms with Gasteiger partial charge < -0.3 is 15.0 Å². The molecule has 0 aliphatic carbocycles. The van der Waals surface area contributed by atoms with Crippen LogP contribution in [-0.4, -0.2) is 62.1 Å². The number of nitrogens with zero attached hydrogens (tertiary/aromatic N) is 2. The number of nitrogens with one attached hydrogen (secondary N) is 1. The van der Waals surface area contributed by atoms with Gasteiger partial charge in [-0.1, -0.05) is 12.1 Å². The molecule has 1 unspecified atom stereocenters. The highest BCUT2D eigenvalue weighted by atomic mass is 35.5. The number of amides is 1. The van der Waals surface area contributed by atoms with E-state index in [0.29, 0.717) is 6.54 Å². The highest BCUT2D eigenvalue weighted by Crippen LogP contribution is 2.22. The fraction of sp³-hybridized carbons (Fsp3) is 0.562. The van der Waals surface area contributed by atoms with E-state index < -0.39 is 6.61 Å². The Kier molecular flexibility index (Phi) is 8.38. The van der Waals surface area contributed by atoms with Gasteiger partial charge in [0.05, 0.1) is 6.54 Å². The number of benzene rings is 1. The molecule has 1 N–H and O–H groups in total. The summed E-state index contributed by atoms with van der Waals surface area (Å²) in [5, 5.41) is 3.22. The quantitative estimate of drug-likeness (QED) is 0.841. The van der Waals surface area contributed by atoms with Crippen molar-refractivity contribution in [2.24, 2.45) is 0 Å². The first-order valence-electron chi connectivity index (χ1n) is 7.71. The second-order valence-corrected chi connectivity index (χ2v) is 5.67. The second kappa shape index (κ2) is 9.76. The molecule has 0 saturated carbocycles. The van der Waals surface area contributed by atoms with Gasteiger partial charge in [-0.3, -0.25) is 9.69 Å². The minimum absolute atomic E-state index is 0. The van der Waals surface area contributed by atoms with Gasteiger partial charge >= 0.3 is 6.61 Å². The lowest BCUT2D eigenvalue weighted by Gasteiger charge is -2.31. The molecule has 1 aromatic rings. The number of halogens is 3. The molecule has 1 atom stereocenters. The van der Waals surface area contributed by atoms with Crippen molar-refractivity contribution >= 4 is 18.3 Å². The number of ether oxygens (including phenoxy) is 1. The first-order chi connectivity index (χ1) is 11.0. The molecule has 136 valence electrons. The summed E-state index contributed by atoms with van der Waals surface area (Å²) < 4.78 is 28.6. The minimum Gasteiger partial charge on any atom is -0.435 e. The van der Waals surface area contributed by atoms with Crippen molar-refractivity contribution in [3.05, 3.63) is 29.8 Å². The lowest BCUT2D eigenvalue weighted by Crippen LogP contribution is -2.49. The van der Waals surface area contributed by atoms with E-state index in [1.165, 1.54) is 12.1 Å². The third-order valence-electron chi connectivity index (χ3n) is 4.10. The van der Waals surface area contributed by atoms with E-state index in [2.05, 4.69) is 10.1 Å². The van der Waals surface area contributed by atoms with E-state index in [-0.39, 0.29) is 30.1 Å². The zero-order valence-corrected chi connectivity index (χ0v) is 14.7. The van der Waals surface area contributed by atoms with Gasteiger partial charge in [0.25, 0.3) is 0 Å². The number of hydrogen-bond acceptors (Lipinski definition) is 4. The molecular weight excluding hydrogens is 340 g/mol. The predicted molar refractivity (Wildman–Crippen MR) is 90.8 cm³/mol. The monoisotopic (exact) mass is 363 g/mol. The first kappa shape index (κ1) is 20.6. The van der Waals surface area contributed by atoms with E-state index in [9.17, 15) is 13.6 Å². The van der Waals surface area contributed by atoms with Crippen molar-refractivity contribution < 1.29 is 18.3 Å². The number of hydrogen-bond donors (Lipinski definition) is 1. The molecule has 5 nitrogen and oxygen atoms in total. The third-order valence-corrected chi connectivity index (χ3v) is 4.10. The maximum atomic E-state index is 12.3. The molecule has 2 rings (SSSR count). The molecule has 1 heterocycles. The smallest absolute Gasteiger partial charge is 0.387 e. The zero-order valence-electron chi connectivity index (χ0n) is 13.9. The topological polar surface area (TPSA) is 44.8 Å². The van der Waals surface area contributed by atoms with Gasteiger partial charge in [-0.25, -0.2) is 0 Å². The fourth-order valence-corrected chi connectivity index (χ4v) is 2.55. The maximum absolute atomic E-state index is 12.3. The zero-order chi connectivity index (χ0) is 16.8. The Bertz CT molecular complexity index is 511. The number of alkyl halides is 2. The number of carbonyl (C=O) groups is 1. The number of piperazine rings is 1. The van der Waals surface area contributed by atoms with E-state index in [1.54, 1.807) is 12.1 Å². The molecule has 1 saturated heterocycles. The van der Waals surface area contributed by atoms with Crippen LogP contribution in [0.15, 0.2) is 24.3 Å². The van der Waals surface area contributed by atoms with E-state index in [0.717, 1.165) is 31.7 Å². The molecule has 1 aromatic carbocycles. The first-order valence-corrected chi connectivity index (χ1v) is 7.71. The summed E-state index contributed by atoms with van der Waals surface area (Å²) >= 11 is 0. The molecule has 1 fully saturated rings. The van der Waals surface area contributed by atoms with Gasteiger partial charge in [-0.15, -0.1) is 12.4 Å². The van der Waals surface area contributed by atoms with Crippen LogP contribution >= 0.6 is 12.4 Å². The third kappa shape index (κ3) is 5.89. The summed E-state index contributed by atoms with van der Waals surface area (Å²) in [4.78, 5) is 16.1. The van der Waals surface area contributed by atoms with Crippen molar-refractivity contribution in [2.75, 3.05) is 39.8 Å². The summed E-state index contributed by atoms with van der Waals surface area (Å²) in [6.07, 6.45) is 0. The highest BCUT2D eigenvalue weighted by molar-refractivity contribution is 5.85. The highest BCUT2D eigenvalue weighted by Gasteiger charge is 2.20. The summed E-state index contributed by atoms with van der Waals surface area (Å²) in [6, 6.07) is 6.53. The summed E-state index contributed by atoms with van der Waals surface area (Å²) in [6.45, 7) is 2.62. The molecule has 0 bridgehead atoms. The summed E-state index contributed by atoms with van der Waals surface area (Å²) in [5.41, 5.74) is 0.947.